The average molecular weight is 440 g/mol. The monoisotopic (exact) mass is 439 g/mol. The van der Waals surface area contributed by atoms with Gasteiger partial charge in [-0.05, 0) is 69.4 Å². The van der Waals surface area contributed by atoms with E-state index < -0.39 is 27.3 Å². The fraction of sp³-hybridized carbons (Fsp3) is 0.429. The van der Waals surface area contributed by atoms with Gasteiger partial charge in [0.1, 0.15) is 0 Å². The van der Waals surface area contributed by atoms with Gasteiger partial charge in [-0.1, -0.05) is 35.4 Å². The fourth-order valence-electron chi connectivity index (χ4n) is 4.09. The van der Waals surface area contributed by atoms with Gasteiger partial charge in [0.25, 0.3) is 0 Å². The number of sulfonamides is 1. The fourth-order valence-corrected chi connectivity index (χ4v) is 5.90. The Morgan fingerprint density at radius 2 is 1.38 bits per heavy atom. The number of aryl methyl sites for hydroxylation is 6. The van der Waals surface area contributed by atoms with E-state index in [9.17, 15) is 12.6 Å². The smallest absolute Gasteiger partial charge is 0.284 e. The van der Waals surface area contributed by atoms with Gasteiger partial charge in [0.15, 0.2) is 0 Å². The van der Waals surface area contributed by atoms with Crippen molar-refractivity contribution in [1.82, 2.24) is 4.72 Å². The molecule has 2 atom stereocenters. The molecule has 0 fully saturated rings. The zero-order valence-electron chi connectivity index (χ0n) is 17.7. The zero-order valence-corrected chi connectivity index (χ0v) is 19.3. The molecule has 0 saturated heterocycles. The first-order valence-corrected chi connectivity index (χ1v) is 11.8. The molecule has 6 nitrogen and oxygen atoms in total. The van der Waals surface area contributed by atoms with Gasteiger partial charge in [-0.3, -0.25) is 8.74 Å². The van der Waals surface area contributed by atoms with Crippen molar-refractivity contribution in [3.8, 4) is 0 Å². The van der Waals surface area contributed by atoms with E-state index in [1.807, 2.05) is 52.0 Å². The second kappa shape index (κ2) is 9.49. The van der Waals surface area contributed by atoms with Crippen molar-refractivity contribution < 1.29 is 21.4 Å². The highest BCUT2D eigenvalue weighted by molar-refractivity contribution is 7.89. The standard InChI is InChI=1S/C21H29NO5S2/c1-13-7-15(3)20(16(4)8-13)19(12-27-28(23)24)11-22-29(25,26)21-17(5)9-14(2)10-18(21)6/h7-10,19,22H,11-12H2,1-6H3,(H,23,24). The highest BCUT2D eigenvalue weighted by Gasteiger charge is 2.24. The molecule has 0 bridgehead atoms. The first kappa shape index (κ1) is 23.7. The molecule has 29 heavy (non-hydrogen) atoms. The molecule has 0 aromatic heterocycles. The summed E-state index contributed by atoms with van der Waals surface area (Å²) in [5, 5.41) is 0. The van der Waals surface area contributed by atoms with Gasteiger partial charge in [-0.25, -0.2) is 13.1 Å². The molecule has 0 radical (unpaired) electrons. The van der Waals surface area contributed by atoms with E-state index in [1.165, 1.54) is 0 Å². The minimum atomic E-state index is -3.76. The SMILES string of the molecule is Cc1cc(C)c(C(CNS(=O)(=O)c2c(C)cc(C)cc2C)COS(=O)O)c(C)c1. The van der Waals surface area contributed by atoms with Crippen LogP contribution in [0.5, 0.6) is 0 Å². The maximum atomic E-state index is 13.0. The maximum absolute atomic E-state index is 13.0. The van der Waals surface area contributed by atoms with Crippen molar-refractivity contribution in [2.75, 3.05) is 13.2 Å². The lowest BCUT2D eigenvalue weighted by Gasteiger charge is -2.22. The van der Waals surface area contributed by atoms with Crippen LogP contribution >= 0.6 is 0 Å². The van der Waals surface area contributed by atoms with Gasteiger partial charge in [-0.2, -0.15) is 4.21 Å². The van der Waals surface area contributed by atoms with Crippen molar-refractivity contribution in [1.29, 1.82) is 0 Å². The molecule has 2 unspecified atom stereocenters. The van der Waals surface area contributed by atoms with Crippen LogP contribution in [0.2, 0.25) is 0 Å². The molecule has 2 aromatic rings. The summed E-state index contributed by atoms with van der Waals surface area (Å²) in [5.41, 5.74) is 6.36. The van der Waals surface area contributed by atoms with Crippen LogP contribution in [0.3, 0.4) is 0 Å². The van der Waals surface area contributed by atoms with E-state index in [0.29, 0.717) is 11.1 Å². The molecule has 160 valence electrons. The predicted molar refractivity (Wildman–Crippen MR) is 116 cm³/mol. The summed E-state index contributed by atoms with van der Waals surface area (Å²) in [6, 6.07) is 7.69. The lowest BCUT2D eigenvalue weighted by atomic mass is 9.90. The third-order valence-corrected chi connectivity index (χ3v) is 6.98. The van der Waals surface area contributed by atoms with E-state index in [2.05, 4.69) is 4.72 Å². The lowest BCUT2D eigenvalue weighted by Crippen LogP contribution is -2.32. The Morgan fingerprint density at radius 1 is 0.931 bits per heavy atom. The molecule has 0 aliphatic rings. The third-order valence-electron chi connectivity index (χ3n) is 4.91. The average Bonchev–Trinajstić information content (AvgIpc) is 2.54. The van der Waals surface area contributed by atoms with Gasteiger partial charge in [0, 0.05) is 12.5 Å². The summed E-state index contributed by atoms with van der Waals surface area (Å²) in [6.07, 6.45) is 0. The molecule has 0 heterocycles. The number of hydrogen-bond donors (Lipinski definition) is 2. The van der Waals surface area contributed by atoms with Gasteiger partial charge >= 0.3 is 11.4 Å². The van der Waals surface area contributed by atoms with Crippen molar-refractivity contribution in [2.45, 2.75) is 52.4 Å². The third kappa shape index (κ3) is 5.96. The van der Waals surface area contributed by atoms with Gasteiger partial charge in [0.2, 0.25) is 10.0 Å². The number of rotatable bonds is 8. The molecule has 2 N–H and O–H groups in total. The molecule has 2 aromatic carbocycles. The highest BCUT2D eigenvalue weighted by Crippen LogP contribution is 2.27. The van der Waals surface area contributed by atoms with Crippen molar-refractivity contribution >= 4 is 21.4 Å². The Hall–Kier alpha value is -1.58. The first-order chi connectivity index (χ1) is 13.4. The summed E-state index contributed by atoms with van der Waals surface area (Å²) in [7, 11) is -3.76. The summed E-state index contributed by atoms with van der Waals surface area (Å²) in [6.45, 7) is 11.3. The molecule has 2 rings (SSSR count). The van der Waals surface area contributed by atoms with Crippen LogP contribution in [0, 0.1) is 41.5 Å². The van der Waals surface area contributed by atoms with E-state index in [4.69, 9.17) is 8.74 Å². The van der Waals surface area contributed by atoms with E-state index >= 15 is 0 Å². The van der Waals surface area contributed by atoms with E-state index in [1.54, 1.807) is 13.8 Å². The van der Waals surface area contributed by atoms with Crippen LogP contribution in [-0.2, 0) is 25.6 Å². The van der Waals surface area contributed by atoms with E-state index in [0.717, 1.165) is 27.8 Å². The van der Waals surface area contributed by atoms with Gasteiger partial charge in [-0.15, -0.1) is 0 Å². The number of benzene rings is 2. The number of nitrogens with one attached hydrogen (secondary N) is 1. The van der Waals surface area contributed by atoms with Crippen LogP contribution in [0.4, 0.5) is 0 Å². The lowest BCUT2D eigenvalue weighted by molar-refractivity contribution is 0.281. The molecular formula is C21H29NO5S2. The minimum absolute atomic E-state index is 0.0526. The largest absolute Gasteiger partial charge is 0.301 e. The quantitative estimate of drug-likeness (QED) is 0.611. The first-order valence-electron chi connectivity index (χ1n) is 9.31. The molecule has 0 saturated carbocycles. The second-order valence-corrected chi connectivity index (χ2v) is 9.96. The normalized spacial score (nSPS) is 14.0. The molecule has 0 spiro atoms. The molecule has 0 aliphatic heterocycles. The van der Waals surface area contributed by atoms with Crippen LogP contribution in [0.1, 0.15) is 44.9 Å². The zero-order chi connectivity index (χ0) is 21.9. The minimum Gasteiger partial charge on any atom is -0.284 e. The Balaban J connectivity index is 2.37. The maximum Gasteiger partial charge on any atom is 0.301 e. The topological polar surface area (TPSA) is 92.7 Å². The summed E-state index contributed by atoms with van der Waals surface area (Å²) in [5.74, 6) is -0.410. The Labute approximate surface area is 176 Å². The summed E-state index contributed by atoms with van der Waals surface area (Å²) < 4.78 is 53.7. The molecule has 0 amide bonds. The number of hydrogen-bond acceptors (Lipinski definition) is 4. The predicted octanol–water partition coefficient (Wildman–Crippen LogP) is 3.75. The van der Waals surface area contributed by atoms with Crippen LogP contribution in [0.15, 0.2) is 29.2 Å². The van der Waals surface area contributed by atoms with E-state index in [-0.39, 0.29) is 18.0 Å². The Morgan fingerprint density at radius 3 is 1.83 bits per heavy atom. The second-order valence-electron chi connectivity index (χ2n) is 7.59. The summed E-state index contributed by atoms with van der Waals surface area (Å²) in [4.78, 5) is 0.269. The van der Waals surface area contributed by atoms with Crippen LogP contribution in [-0.4, -0.2) is 30.3 Å². The Bertz CT molecular complexity index is 985. The Kier molecular flexibility index (Phi) is 7.75. The van der Waals surface area contributed by atoms with Crippen LogP contribution < -0.4 is 4.72 Å². The molecular weight excluding hydrogens is 410 g/mol. The molecule has 8 heteroatoms. The van der Waals surface area contributed by atoms with Crippen molar-refractivity contribution in [3.05, 3.63) is 63.2 Å². The van der Waals surface area contributed by atoms with Crippen LogP contribution in [0.25, 0.3) is 0 Å². The van der Waals surface area contributed by atoms with Gasteiger partial charge in [0.05, 0.1) is 11.5 Å². The van der Waals surface area contributed by atoms with Crippen molar-refractivity contribution in [3.63, 3.8) is 0 Å². The summed E-state index contributed by atoms with van der Waals surface area (Å²) >= 11 is -2.43. The molecule has 0 aliphatic carbocycles. The van der Waals surface area contributed by atoms with Gasteiger partial charge < -0.3 is 0 Å². The highest BCUT2D eigenvalue weighted by atomic mass is 32.2. The van der Waals surface area contributed by atoms with Crippen molar-refractivity contribution in [2.24, 2.45) is 0 Å².